The van der Waals surface area contributed by atoms with Crippen LogP contribution in [0.4, 0.5) is 4.79 Å². The van der Waals surface area contributed by atoms with E-state index in [1.165, 1.54) is 0 Å². The number of alkyl carbamates (subject to hydrolysis) is 1. The Kier molecular flexibility index (Phi) is 5.36. The molecule has 1 aromatic rings. The van der Waals surface area contributed by atoms with Crippen molar-refractivity contribution in [3.8, 4) is 5.75 Å². The van der Waals surface area contributed by atoms with Gasteiger partial charge in [0.15, 0.2) is 0 Å². The topological polar surface area (TPSA) is 67.9 Å². The van der Waals surface area contributed by atoms with Gasteiger partial charge in [0.1, 0.15) is 11.4 Å². The third-order valence-corrected chi connectivity index (χ3v) is 4.02. The fraction of sp³-hybridized carbons (Fsp3) is 0.556. The van der Waals surface area contributed by atoms with E-state index >= 15 is 0 Å². The number of hydrogen-bond acceptors (Lipinski definition) is 4. The zero-order valence-corrected chi connectivity index (χ0v) is 15.0. The lowest BCUT2D eigenvalue weighted by Crippen LogP contribution is -2.53. The van der Waals surface area contributed by atoms with Crippen LogP contribution in [0.1, 0.15) is 38.7 Å². The number of methoxy groups -OCH3 is 1. The number of carbonyl (C=O) groups is 2. The molecule has 6 nitrogen and oxygen atoms in total. The minimum Gasteiger partial charge on any atom is -0.497 e. The maximum Gasteiger partial charge on any atom is 0.407 e. The summed E-state index contributed by atoms with van der Waals surface area (Å²) in [4.78, 5) is 25.9. The number of ether oxygens (including phenoxy) is 2. The molecule has 2 rings (SSSR count). The molecule has 1 aromatic carbocycles. The SMILES string of the molecule is COc1ccc(C2CC(=O)N(C)C[C@H]2NC(=O)OC(C)(C)C)cc1. The minimum absolute atomic E-state index is 0.0676. The van der Waals surface area contributed by atoms with Gasteiger partial charge in [-0.1, -0.05) is 12.1 Å². The molecule has 24 heavy (non-hydrogen) atoms. The summed E-state index contributed by atoms with van der Waals surface area (Å²) in [6.07, 6.45) is -0.114. The number of amides is 2. The number of hydrogen-bond donors (Lipinski definition) is 1. The molecule has 0 radical (unpaired) electrons. The zero-order chi connectivity index (χ0) is 17.9. The number of rotatable bonds is 3. The quantitative estimate of drug-likeness (QED) is 0.922. The van der Waals surface area contributed by atoms with Crippen LogP contribution in [0, 0.1) is 0 Å². The molecule has 132 valence electrons. The number of carbonyl (C=O) groups excluding carboxylic acids is 2. The van der Waals surface area contributed by atoms with E-state index in [4.69, 9.17) is 9.47 Å². The summed E-state index contributed by atoms with van der Waals surface area (Å²) in [5, 5.41) is 2.92. The summed E-state index contributed by atoms with van der Waals surface area (Å²) >= 11 is 0. The third kappa shape index (κ3) is 4.63. The van der Waals surface area contributed by atoms with E-state index in [1.54, 1.807) is 19.1 Å². The Balaban J connectivity index is 2.17. The summed E-state index contributed by atoms with van der Waals surface area (Å²) in [6, 6.07) is 7.40. The van der Waals surface area contributed by atoms with Gasteiger partial charge in [0.2, 0.25) is 5.91 Å². The van der Waals surface area contributed by atoms with Crippen molar-refractivity contribution in [3.05, 3.63) is 29.8 Å². The molecule has 1 saturated heterocycles. The number of benzene rings is 1. The summed E-state index contributed by atoms with van der Waals surface area (Å²) in [7, 11) is 3.36. The Bertz CT molecular complexity index is 592. The van der Waals surface area contributed by atoms with Gasteiger partial charge in [0.05, 0.1) is 13.2 Å². The number of nitrogens with one attached hydrogen (secondary N) is 1. The number of likely N-dealkylation sites (N-methyl/N-ethyl adjacent to an activating group) is 1. The van der Waals surface area contributed by atoms with Crippen molar-refractivity contribution < 1.29 is 19.1 Å². The van der Waals surface area contributed by atoms with Crippen LogP contribution in [-0.2, 0) is 9.53 Å². The third-order valence-electron chi connectivity index (χ3n) is 4.02. The average Bonchev–Trinajstić information content (AvgIpc) is 2.49. The number of piperidine rings is 1. The van der Waals surface area contributed by atoms with Crippen molar-refractivity contribution in [2.75, 3.05) is 20.7 Å². The average molecular weight is 334 g/mol. The number of nitrogens with zero attached hydrogens (tertiary/aromatic N) is 1. The van der Waals surface area contributed by atoms with Crippen molar-refractivity contribution in [2.24, 2.45) is 0 Å². The maximum atomic E-state index is 12.1. The Hall–Kier alpha value is -2.24. The molecule has 1 aliphatic heterocycles. The molecule has 0 bridgehead atoms. The first-order chi connectivity index (χ1) is 11.2. The monoisotopic (exact) mass is 334 g/mol. The van der Waals surface area contributed by atoms with E-state index in [9.17, 15) is 9.59 Å². The highest BCUT2D eigenvalue weighted by molar-refractivity contribution is 5.79. The summed E-state index contributed by atoms with van der Waals surface area (Å²) in [6.45, 7) is 5.92. The molecular formula is C18H26N2O4. The molecule has 6 heteroatoms. The standard InChI is InChI=1S/C18H26N2O4/c1-18(2,3)24-17(22)19-15-11-20(4)16(21)10-14(15)12-6-8-13(23-5)9-7-12/h6-9,14-15H,10-11H2,1-5H3,(H,19,22)/t14?,15-/m1/s1. The van der Waals surface area contributed by atoms with Crippen molar-refractivity contribution >= 4 is 12.0 Å². The fourth-order valence-corrected chi connectivity index (χ4v) is 2.82. The Morgan fingerprint density at radius 1 is 1.25 bits per heavy atom. The zero-order valence-electron chi connectivity index (χ0n) is 15.0. The fourth-order valence-electron chi connectivity index (χ4n) is 2.82. The van der Waals surface area contributed by atoms with Gasteiger partial charge in [-0.05, 0) is 38.5 Å². The van der Waals surface area contributed by atoms with Crippen LogP contribution >= 0.6 is 0 Å². The first kappa shape index (κ1) is 18.1. The van der Waals surface area contributed by atoms with Gasteiger partial charge in [0, 0.05) is 25.9 Å². The molecule has 0 aromatic heterocycles. The normalized spacial score (nSPS) is 21.4. The smallest absolute Gasteiger partial charge is 0.407 e. The summed E-state index contributed by atoms with van der Waals surface area (Å²) < 4.78 is 10.5. The molecule has 0 spiro atoms. The molecule has 1 N–H and O–H groups in total. The predicted molar refractivity (Wildman–Crippen MR) is 91.1 cm³/mol. The van der Waals surface area contributed by atoms with Gasteiger partial charge >= 0.3 is 6.09 Å². The van der Waals surface area contributed by atoms with Gasteiger partial charge in [-0.25, -0.2) is 4.79 Å². The molecule has 2 atom stereocenters. The lowest BCUT2D eigenvalue weighted by Gasteiger charge is -2.37. The second kappa shape index (κ2) is 7.11. The van der Waals surface area contributed by atoms with Crippen molar-refractivity contribution in [1.29, 1.82) is 0 Å². The molecule has 1 unspecified atom stereocenters. The highest BCUT2D eigenvalue weighted by atomic mass is 16.6. The molecule has 0 saturated carbocycles. The first-order valence-corrected chi connectivity index (χ1v) is 8.07. The Morgan fingerprint density at radius 3 is 2.42 bits per heavy atom. The second-order valence-corrected chi connectivity index (χ2v) is 7.11. The molecule has 1 aliphatic rings. The van der Waals surface area contributed by atoms with E-state index in [0.29, 0.717) is 13.0 Å². The molecule has 1 fully saturated rings. The van der Waals surface area contributed by atoms with Crippen molar-refractivity contribution in [2.45, 2.75) is 44.8 Å². The van der Waals surface area contributed by atoms with E-state index in [2.05, 4.69) is 5.32 Å². The van der Waals surface area contributed by atoms with Crippen LogP contribution in [0.3, 0.4) is 0 Å². The van der Waals surface area contributed by atoms with Crippen LogP contribution < -0.4 is 10.1 Å². The molecular weight excluding hydrogens is 308 g/mol. The van der Waals surface area contributed by atoms with Gasteiger partial charge in [-0.3, -0.25) is 4.79 Å². The highest BCUT2D eigenvalue weighted by Gasteiger charge is 2.35. The van der Waals surface area contributed by atoms with Crippen molar-refractivity contribution in [3.63, 3.8) is 0 Å². The van der Waals surface area contributed by atoms with Gasteiger partial charge in [0.25, 0.3) is 0 Å². The molecule has 0 aliphatic carbocycles. The van der Waals surface area contributed by atoms with Crippen LogP contribution in [0.5, 0.6) is 5.75 Å². The van der Waals surface area contributed by atoms with Crippen molar-refractivity contribution in [1.82, 2.24) is 10.2 Å². The van der Waals surface area contributed by atoms with E-state index < -0.39 is 11.7 Å². The van der Waals surface area contributed by atoms with Crippen LogP contribution in [-0.4, -0.2) is 49.2 Å². The van der Waals surface area contributed by atoms with E-state index in [-0.39, 0.29) is 17.9 Å². The Morgan fingerprint density at radius 2 is 1.88 bits per heavy atom. The predicted octanol–water partition coefficient (Wildman–Crippen LogP) is 2.53. The lowest BCUT2D eigenvalue weighted by atomic mass is 9.85. The highest BCUT2D eigenvalue weighted by Crippen LogP contribution is 2.30. The lowest BCUT2D eigenvalue weighted by molar-refractivity contribution is -0.133. The van der Waals surface area contributed by atoms with E-state index in [0.717, 1.165) is 11.3 Å². The Labute approximate surface area is 143 Å². The maximum absolute atomic E-state index is 12.1. The minimum atomic E-state index is -0.559. The van der Waals surface area contributed by atoms with Gasteiger partial charge in [-0.2, -0.15) is 0 Å². The van der Waals surface area contributed by atoms with E-state index in [1.807, 2.05) is 45.0 Å². The molecule has 1 heterocycles. The summed E-state index contributed by atoms with van der Waals surface area (Å²) in [5.41, 5.74) is 0.439. The number of likely N-dealkylation sites (tertiary alicyclic amines) is 1. The summed E-state index contributed by atoms with van der Waals surface area (Å²) in [5.74, 6) is 0.736. The molecule has 2 amide bonds. The largest absolute Gasteiger partial charge is 0.497 e. The van der Waals surface area contributed by atoms with Gasteiger partial charge < -0.3 is 19.7 Å². The van der Waals surface area contributed by atoms with Gasteiger partial charge in [-0.15, -0.1) is 0 Å². The van der Waals surface area contributed by atoms with Crippen LogP contribution in [0.25, 0.3) is 0 Å². The van der Waals surface area contributed by atoms with Crippen LogP contribution in [0.2, 0.25) is 0 Å². The van der Waals surface area contributed by atoms with Crippen LogP contribution in [0.15, 0.2) is 24.3 Å². The first-order valence-electron chi connectivity index (χ1n) is 8.07. The second-order valence-electron chi connectivity index (χ2n) is 7.11.